The van der Waals surface area contributed by atoms with E-state index in [1.54, 1.807) is 6.19 Å². The first kappa shape index (κ1) is 7.69. The van der Waals surface area contributed by atoms with Crippen LogP contribution in [0.3, 0.4) is 0 Å². The van der Waals surface area contributed by atoms with Gasteiger partial charge in [0.15, 0.2) is 0 Å². The van der Waals surface area contributed by atoms with E-state index in [0.717, 1.165) is 5.01 Å². The molecule has 1 aliphatic rings. The van der Waals surface area contributed by atoms with E-state index < -0.39 is 0 Å². The normalized spacial score (nSPS) is 14.1. The van der Waals surface area contributed by atoms with E-state index in [-0.39, 0.29) is 29.6 Å². The van der Waals surface area contributed by atoms with E-state index in [1.807, 2.05) is 0 Å². The first-order valence-electron chi connectivity index (χ1n) is 1.74. The van der Waals surface area contributed by atoms with Crippen LogP contribution in [0.2, 0.25) is 0 Å². The molecule has 1 rings (SSSR count). The van der Waals surface area contributed by atoms with Gasteiger partial charge in [0, 0.05) is 0 Å². The number of nitrogens with one attached hydrogen (secondary N) is 1. The van der Waals surface area contributed by atoms with Crippen LogP contribution in [-0.2, 0) is 0 Å². The van der Waals surface area contributed by atoms with Crippen molar-refractivity contribution in [3.05, 3.63) is 0 Å². The molecule has 0 radical (unpaired) electrons. The van der Waals surface area contributed by atoms with Crippen molar-refractivity contribution in [2.45, 2.75) is 0 Å². The van der Waals surface area contributed by atoms with Gasteiger partial charge in [-0.15, -0.1) is 0 Å². The molecule has 0 aliphatic carbocycles. The molecule has 0 fully saturated rings. The predicted octanol–water partition coefficient (Wildman–Crippen LogP) is -1.04. The molecular formula is C2H4N5Na. The van der Waals surface area contributed by atoms with E-state index in [0.29, 0.717) is 6.67 Å². The van der Waals surface area contributed by atoms with Gasteiger partial charge < -0.3 is 0 Å². The number of nitriles is 1. The van der Waals surface area contributed by atoms with Crippen molar-refractivity contribution in [3.63, 3.8) is 0 Å². The standard InChI is InChI=1S/C2H3N5.Na.H/c3-1-7-2-4-5-6-7;;/h2H2,(H,4,6);;. The Morgan fingerprint density at radius 2 is 2.50 bits per heavy atom. The van der Waals surface area contributed by atoms with Crippen LogP contribution in [0.1, 0.15) is 0 Å². The van der Waals surface area contributed by atoms with Gasteiger partial charge in [0.05, 0.1) is 0 Å². The average molecular weight is 121 g/mol. The quantitative estimate of drug-likeness (QED) is 0.329. The van der Waals surface area contributed by atoms with Crippen LogP contribution in [-0.4, -0.2) is 41.2 Å². The van der Waals surface area contributed by atoms with Crippen molar-refractivity contribution >= 4 is 29.6 Å². The number of rotatable bonds is 0. The molecule has 38 valence electrons. The van der Waals surface area contributed by atoms with Crippen molar-refractivity contribution < 1.29 is 0 Å². The Kier molecular flexibility index (Phi) is 3.52. The minimum absolute atomic E-state index is 0. The molecular weight excluding hydrogens is 117 g/mol. The fraction of sp³-hybridized carbons (Fsp3) is 0.500. The Hall–Kier alpha value is -0.310. The molecule has 0 bridgehead atoms. The summed E-state index contributed by atoms with van der Waals surface area (Å²) in [7, 11) is 0. The van der Waals surface area contributed by atoms with Crippen molar-refractivity contribution in [3.8, 4) is 6.19 Å². The van der Waals surface area contributed by atoms with Gasteiger partial charge >= 0.3 is 29.6 Å². The number of hydrogen-bond donors (Lipinski definition) is 1. The maximum absolute atomic E-state index is 8.05. The van der Waals surface area contributed by atoms with E-state index in [9.17, 15) is 0 Å². The molecule has 5 nitrogen and oxygen atoms in total. The first-order chi connectivity index (χ1) is 3.43. The molecule has 8 heavy (non-hydrogen) atoms. The van der Waals surface area contributed by atoms with Crippen LogP contribution in [0.5, 0.6) is 0 Å². The SMILES string of the molecule is N#CN1CNN=N1.[NaH]. The Morgan fingerprint density at radius 3 is 2.75 bits per heavy atom. The summed E-state index contributed by atoms with van der Waals surface area (Å²) in [6.07, 6.45) is 1.77. The molecule has 0 amide bonds. The minimum atomic E-state index is 0. The number of nitrogens with zero attached hydrogens (tertiary/aromatic N) is 4. The van der Waals surface area contributed by atoms with Gasteiger partial charge in [-0.3, -0.25) is 5.43 Å². The van der Waals surface area contributed by atoms with Crippen LogP contribution in [0.25, 0.3) is 0 Å². The third-order valence-electron chi connectivity index (χ3n) is 0.559. The Morgan fingerprint density at radius 1 is 1.75 bits per heavy atom. The van der Waals surface area contributed by atoms with Crippen molar-refractivity contribution in [2.24, 2.45) is 10.4 Å². The average Bonchev–Trinajstić information content (AvgIpc) is 2.14. The summed E-state index contributed by atoms with van der Waals surface area (Å²) in [4.78, 5) is 0. The third-order valence-corrected chi connectivity index (χ3v) is 0.559. The zero-order valence-electron chi connectivity index (χ0n) is 3.50. The monoisotopic (exact) mass is 121 g/mol. The van der Waals surface area contributed by atoms with Crippen LogP contribution in [0, 0.1) is 11.5 Å². The molecule has 0 atom stereocenters. The molecule has 0 saturated heterocycles. The molecule has 1 heterocycles. The zero-order valence-corrected chi connectivity index (χ0v) is 3.50. The molecule has 1 aliphatic heterocycles. The Bertz CT molecular complexity index is 125. The summed E-state index contributed by atoms with van der Waals surface area (Å²) in [6, 6.07) is 0. The zero-order chi connectivity index (χ0) is 5.11. The topological polar surface area (TPSA) is 63.8 Å². The molecule has 0 spiro atoms. The van der Waals surface area contributed by atoms with Crippen LogP contribution in [0.15, 0.2) is 10.4 Å². The van der Waals surface area contributed by atoms with E-state index in [4.69, 9.17) is 5.26 Å². The third kappa shape index (κ3) is 1.66. The van der Waals surface area contributed by atoms with Crippen molar-refractivity contribution in [1.29, 1.82) is 5.26 Å². The summed E-state index contributed by atoms with van der Waals surface area (Å²) >= 11 is 0. The van der Waals surface area contributed by atoms with E-state index in [2.05, 4.69) is 15.9 Å². The van der Waals surface area contributed by atoms with Gasteiger partial charge in [-0.2, -0.15) is 10.3 Å². The Balaban J connectivity index is 0.000000490. The van der Waals surface area contributed by atoms with Crippen LogP contribution < -0.4 is 5.43 Å². The first-order valence-corrected chi connectivity index (χ1v) is 1.74. The van der Waals surface area contributed by atoms with Crippen LogP contribution >= 0.6 is 0 Å². The van der Waals surface area contributed by atoms with Crippen molar-refractivity contribution in [1.82, 2.24) is 10.4 Å². The van der Waals surface area contributed by atoms with E-state index in [1.165, 1.54) is 0 Å². The molecule has 0 aromatic carbocycles. The van der Waals surface area contributed by atoms with E-state index >= 15 is 0 Å². The van der Waals surface area contributed by atoms with Crippen LogP contribution in [0.4, 0.5) is 0 Å². The second-order valence-electron chi connectivity index (χ2n) is 1.01. The summed E-state index contributed by atoms with van der Waals surface area (Å²) in [5.74, 6) is 0. The van der Waals surface area contributed by atoms with Gasteiger partial charge in [0.25, 0.3) is 0 Å². The maximum atomic E-state index is 8.05. The molecule has 6 heteroatoms. The second-order valence-corrected chi connectivity index (χ2v) is 1.01. The summed E-state index contributed by atoms with van der Waals surface area (Å²) in [5, 5.41) is 15.8. The fourth-order valence-electron chi connectivity index (χ4n) is 0.271. The summed E-state index contributed by atoms with van der Waals surface area (Å²) in [5.41, 5.74) is 2.48. The van der Waals surface area contributed by atoms with Gasteiger partial charge in [-0.25, -0.2) is 0 Å². The van der Waals surface area contributed by atoms with Gasteiger partial charge in [0.1, 0.15) is 6.67 Å². The summed E-state index contributed by atoms with van der Waals surface area (Å²) in [6.45, 7) is 0.399. The molecule has 1 N–H and O–H groups in total. The predicted molar refractivity (Wildman–Crippen MR) is 27.5 cm³/mol. The molecule has 0 unspecified atom stereocenters. The fourth-order valence-corrected chi connectivity index (χ4v) is 0.271. The molecule has 0 saturated carbocycles. The van der Waals surface area contributed by atoms with Gasteiger partial charge in [-0.05, 0) is 5.22 Å². The van der Waals surface area contributed by atoms with Crippen molar-refractivity contribution in [2.75, 3.05) is 6.67 Å². The summed E-state index contributed by atoms with van der Waals surface area (Å²) < 4.78 is 0. The van der Waals surface area contributed by atoms with Gasteiger partial charge in [-0.1, -0.05) is 5.22 Å². The number of hydrogen-bond acceptors (Lipinski definition) is 5. The molecule has 0 aromatic heterocycles. The molecule has 0 aromatic rings. The Labute approximate surface area is 68.6 Å². The van der Waals surface area contributed by atoms with Gasteiger partial charge in [0.2, 0.25) is 6.19 Å². The second kappa shape index (κ2) is 3.66.